The highest BCUT2D eigenvalue weighted by atomic mass is 79.9. The van der Waals surface area contributed by atoms with E-state index >= 15 is 0 Å². The van der Waals surface area contributed by atoms with Crippen molar-refractivity contribution in [2.24, 2.45) is 7.05 Å². The van der Waals surface area contributed by atoms with Crippen LogP contribution in [0.1, 0.15) is 16.2 Å². The first-order chi connectivity index (χ1) is 14.4. The normalized spacial score (nSPS) is 10.9. The third-order valence-corrected chi connectivity index (χ3v) is 5.38. The van der Waals surface area contributed by atoms with Gasteiger partial charge in [0.05, 0.1) is 21.1 Å². The molecule has 4 aromatic rings. The second-order valence-corrected chi connectivity index (χ2v) is 8.17. The lowest BCUT2D eigenvalue weighted by Gasteiger charge is -2.08. The van der Waals surface area contributed by atoms with Crippen molar-refractivity contribution in [3.05, 3.63) is 75.1 Å². The molecule has 9 heteroatoms. The first-order valence-electron chi connectivity index (χ1n) is 8.81. The number of ether oxygens (including phenoxy) is 2. The van der Waals surface area contributed by atoms with E-state index in [-0.39, 0.29) is 12.2 Å². The lowest BCUT2D eigenvalue weighted by molar-refractivity contribution is 0.0696. The maximum Gasteiger partial charge on any atom is 0.335 e. The van der Waals surface area contributed by atoms with E-state index in [4.69, 9.17) is 14.6 Å². The van der Waals surface area contributed by atoms with E-state index in [9.17, 15) is 4.79 Å². The van der Waals surface area contributed by atoms with Gasteiger partial charge in [0.1, 0.15) is 23.9 Å². The Kier molecular flexibility index (Phi) is 5.74. The minimum atomic E-state index is -0.998. The molecular formula is C21H15Br2N3O4. The van der Waals surface area contributed by atoms with Gasteiger partial charge in [-0.1, -0.05) is 6.07 Å². The molecule has 0 radical (unpaired) electrons. The Hall–Kier alpha value is -2.91. The lowest BCUT2D eigenvalue weighted by atomic mass is 10.2. The van der Waals surface area contributed by atoms with Crippen molar-refractivity contribution in [2.45, 2.75) is 6.61 Å². The van der Waals surface area contributed by atoms with E-state index in [1.54, 1.807) is 18.3 Å². The highest BCUT2D eigenvalue weighted by Crippen LogP contribution is 2.31. The Morgan fingerprint density at radius 2 is 1.97 bits per heavy atom. The molecule has 2 aromatic heterocycles. The molecule has 1 N–H and O–H groups in total. The van der Waals surface area contributed by atoms with Gasteiger partial charge in [-0.25, -0.2) is 14.8 Å². The van der Waals surface area contributed by atoms with E-state index in [0.717, 1.165) is 20.0 Å². The van der Waals surface area contributed by atoms with Crippen LogP contribution >= 0.6 is 31.9 Å². The Bertz CT molecular complexity index is 1260. The van der Waals surface area contributed by atoms with Crippen molar-refractivity contribution >= 4 is 48.9 Å². The van der Waals surface area contributed by atoms with Crippen LogP contribution in [-0.2, 0) is 13.7 Å². The van der Waals surface area contributed by atoms with Gasteiger partial charge in [0.25, 0.3) is 0 Å². The molecular weight excluding hydrogens is 518 g/mol. The molecule has 0 aliphatic rings. The summed E-state index contributed by atoms with van der Waals surface area (Å²) >= 11 is 6.81. The predicted octanol–water partition coefficient (Wildman–Crippen LogP) is 5.56. The van der Waals surface area contributed by atoms with Crippen molar-refractivity contribution in [1.29, 1.82) is 0 Å². The minimum Gasteiger partial charge on any atom is -0.486 e. The Labute approximate surface area is 188 Å². The Morgan fingerprint density at radius 3 is 2.73 bits per heavy atom. The number of pyridine rings is 1. The fourth-order valence-electron chi connectivity index (χ4n) is 2.87. The van der Waals surface area contributed by atoms with Gasteiger partial charge < -0.3 is 19.1 Å². The van der Waals surface area contributed by atoms with E-state index in [1.807, 2.05) is 35.9 Å². The number of carbonyl (C=O) groups is 1. The molecule has 0 fully saturated rings. The largest absolute Gasteiger partial charge is 0.486 e. The van der Waals surface area contributed by atoms with Gasteiger partial charge in [-0.2, -0.15) is 0 Å². The zero-order valence-electron chi connectivity index (χ0n) is 15.7. The zero-order valence-corrected chi connectivity index (χ0v) is 18.8. The summed E-state index contributed by atoms with van der Waals surface area (Å²) < 4.78 is 15.1. The summed E-state index contributed by atoms with van der Waals surface area (Å²) in [6, 6.07) is 13.8. The number of carboxylic acids is 1. The van der Waals surface area contributed by atoms with Gasteiger partial charge in [-0.15, -0.1) is 0 Å². The average Bonchev–Trinajstić information content (AvgIpc) is 3.04. The highest BCUT2D eigenvalue weighted by molar-refractivity contribution is 9.11. The fraction of sp³-hybridized carbons (Fsp3) is 0.0952. The standard InChI is InChI=1S/C21H15Br2N3O4/c1-26-18-9-15(30-20-16(23)8-13(22)10-24-20)5-6-17(18)25-19(26)11-29-14-4-2-3-12(7-14)21(27)28/h2-10H,11H2,1H3,(H,27,28). The van der Waals surface area contributed by atoms with Crippen molar-refractivity contribution in [3.63, 3.8) is 0 Å². The lowest BCUT2D eigenvalue weighted by Crippen LogP contribution is -2.04. The number of halogens is 2. The summed E-state index contributed by atoms with van der Waals surface area (Å²) in [5, 5.41) is 9.10. The van der Waals surface area contributed by atoms with Gasteiger partial charge in [-0.3, -0.25) is 0 Å². The number of hydrogen-bond donors (Lipinski definition) is 1. The quantitative estimate of drug-likeness (QED) is 0.349. The van der Waals surface area contributed by atoms with Crippen LogP contribution in [0.2, 0.25) is 0 Å². The third-order valence-electron chi connectivity index (χ3n) is 4.38. The second kappa shape index (κ2) is 8.45. The number of aromatic carboxylic acids is 1. The minimum absolute atomic E-state index is 0.173. The predicted molar refractivity (Wildman–Crippen MR) is 118 cm³/mol. The molecule has 0 aliphatic carbocycles. The summed E-state index contributed by atoms with van der Waals surface area (Å²) in [7, 11) is 1.89. The third kappa shape index (κ3) is 4.31. The molecule has 2 heterocycles. The van der Waals surface area contributed by atoms with Crippen molar-refractivity contribution in [2.75, 3.05) is 0 Å². The number of aromatic nitrogens is 3. The second-order valence-electron chi connectivity index (χ2n) is 6.40. The molecule has 0 saturated carbocycles. The first kappa shape index (κ1) is 20.4. The number of benzene rings is 2. The highest BCUT2D eigenvalue weighted by Gasteiger charge is 2.12. The van der Waals surface area contributed by atoms with Crippen LogP contribution in [0.15, 0.2) is 63.7 Å². The molecule has 4 rings (SSSR count). The summed E-state index contributed by atoms with van der Waals surface area (Å²) in [5.74, 6) is 1.26. The van der Waals surface area contributed by atoms with Crippen LogP contribution in [0.5, 0.6) is 17.4 Å². The van der Waals surface area contributed by atoms with Gasteiger partial charge >= 0.3 is 5.97 Å². The summed E-state index contributed by atoms with van der Waals surface area (Å²) in [6.07, 6.45) is 1.66. The number of imidazole rings is 1. The zero-order chi connectivity index (χ0) is 21.3. The molecule has 30 heavy (non-hydrogen) atoms. The van der Waals surface area contributed by atoms with Crippen LogP contribution in [0.4, 0.5) is 0 Å². The molecule has 0 aliphatic heterocycles. The number of nitrogens with zero attached hydrogens (tertiary/aromatic N) is 3. The molecule has 0 spiro atoms. The van der Waals surface area contributed by atoms with E-state index < -0.39 is 5.97 Å². The number of rotatable bonds is 6. The molecule has 2 aromatic carbocycles. The van der Waals surface area contributed by atoms with Gasteiger partial charge in [0.15, 0.2) is 0 Å². The maximum atomic E-state index is 11.1. The van der Waals surface area contributed by atoms with Gasteiger partial charge in [0, 0.05) is 23.8 Å². The average molecular weight is 533 g/mol. The molecule has 0 bridgehead atoms. The monoisotopic (exact) mass is 531 g/mol. The maximum absolute atomic E-state index is 11.1. The number of hydrogen-bond acceptors (Lipinski definition) is 5. The van der Waals surface area contributed by atoms with Crippen molar-refractivity contribution in [1.82, 2.24) is 14.5 Å². The SMILES string of the molecule is Cn1c(COc2cccc(C(=O)O)c2)nc2ccc(Oc3ncc(Br)cc3Br)cc21. The molecule has 7 nitrogen and oxygen atoms in total. The van der Waals surface area contributed by atoms with Crippen LogP contribution in [0.25, 0.3) is 11.0 Å². The molecule has 0 saturated heterocycles. The summed E-state index contributed by atoms with van der Waals surface area (Å²) in [5.41, 5.74) is 1.84. The number of fused-ring (bicyclic) bond motifs is 1. The van der Waals surface area contributed by atoms with Gasteiger partial charge in [0.2, 0.25) is 5.88 Å². The van der Waals surface area contributed by atoms with Gasteiger partial charge in [-0.05, 0) is 68.3 Å². The molecule has 0 atom stereocenters. The summed E-state index contributed by atoms with van der Waals surface area (Å²) in [6.45, 7) is 0.199. The van der Waals surface area contributed by atoms with Crippen LogP contribution in [0.3, 0.4) is 0 Å². The van der Waals surface area contributed by atoms with Crippen molar-refractivity contribution < 1.29 is 19.4 Å². The first-order valence-corrected chi connectivity index (χ1v) is 10.4. The van der Waals surface area contributed by atoms with Crippen LogP contribution < -0.4 is 9.47 Å². The molecule has 152 valence electrons. The number of aryl methyl sites for hydroxylation is 1. The van der Waals surface area contributed by atoms with E-state index in [2.05, 4.69) is 41.8 Å². The Morgan fingerprint density at radius 1 is 1.13 bits per heavy atom. The van der Waals surface area contributed by atoms with E-state index in [0.29, 0.717) is 23.2 Å². The fourth-order valence-corrected chi connectivity index (χ4v) is 3.94. The topological polar surface area (TPSA) is 86.5 Å². The molecule has 0 amide bonds. The van der Waals surface area contributed by atoms with Crippen molar-refractivity contribution in [3.8, 4) is 17.4 Å². The number of carboxylic acid groups (broad SMARTS) is 1. The van der Waals surface area contributed by atoms with E-state index in [1.165, 1.54) is 12.1 Å². The molecule has 0 unspecified atom stereocenters. The smallest absolute Gasteiger partial charge is 0.335 e. The Balaban J connectivity index is 1.55. The van der Waals surface area contributed by atoms with Crippen LogP contribution in [0, 0.1) is 0 Å². The van der Waals surface area contributed by atoms with Crippen LogP contribution in [-0.4, -0.2) is 25.6 Å². The summed E-state index contributed by atoms with van der Waals surface area (Å²) in [4.78, 5) is 20.0.